The lowest BCUT2D eigenvalue weighted by atomic mass is 10.3. The summed E-state index contributed by atoms with van der Waals surface area (Å²) in [5.74, 6) is 0.283. The van der Waals surface area contributed by atoms with E-state index in [-0.39, 0.29) is 0 Å². The van der Waals surface area contributed by atoms with Gasteiger partial charge < -0.3 is 9.72 Å². The fraction of sp³-hybridized carbons (Fsp3) is 0.0769. The molecule has 0 radical (unpaired) electrons. The highest BCUT2D eigenvalue weighted by atomic mass is 32.1. The van der Waals surface area contributed by atoms with E-state index in [4.69, 9.17) is 0 Å². The number of aromatic nitrogens is 5. The van der Waals surface area contributed by atoms with Crippen molar-refractivity contribution in [1.29, 1.82) is 0 Å². The quantitative estimate of drug-likeness (QED) is 0.573. The van der Waals surface area contributed by atoms with Crippen LogP contribution in [0.1, 0.15) is 10.4 Å². The number of carbonyl (C=O) groups is 1. The van der Waals surface area contributed by atoms with Crippen molar-refractivity contribution in [2.24, 2.45) is 0 Å². The Morgan fingerprint density at radius 3 is 3.14 bits per heavy atom. The van der Waals surface area contributed by atoms with E-state index >= 15 is 0 Å². The molecule has 104 valence electrons. The van der Waals surface area contributed by atoms with Crippen molar-refractivity contribution in [2.45, 2.75) is 0 Å². The molecule has 0 fully saturated rings. The first-order valence-electron chi connectivity index (χ1n) is 6.11. The van der Waals surface area contributed by atoms with Crippen molar-refractivity contribution >= 4 is 33.4 Å². The first-order chi connectivity index (χ1) is 10.2. The zero-order chi connectivity index (χ0) is 14.4. The summed E-state index contributed by atoms with van der Waals surface area (Å²) >= 11 is 1.53. The highest BCUT2D eigenvalue weighted by Crippen LogP contribution is 2.27. The molecule has 21 heavy (non-hydrogen) atoms. The smallest absolute Gasteiger partial charge is 0.339 e. The van der Waals surface area contributed by atoms with Crippen molar-refractivity contribution in [3.63, 3.8) is 0 Å². The Morgan fingerprint density at radius 2 is 2.33 bits per heavy atom. The van der Waals surface area contributed by atoms with Gasteiger partial charge in [0.25, 0.3) is 0 Å². The number of hydrogen-bond acceptors (Lipinski definition) is 6. The van der Waals surface area contributed by atoms with E-state index in [9.17, 15) is 4.79 Å². The minimum atomic E-state index is -0.421. The molecule has 4 rings (SSSR count). The predicted octanol–water partition coefficient (Wildman–Crippen LogP) is 2.12. The summed E-state index contributed by atoms with van der Waals surface area (Å²) < 4.78 is 6.61. The fourth-order valence-electron chi connectivity index (χ4n) is 2.08. The van der Waals surface area contributed by atoms with Gasteiger partial charge in [-0.25, -0.2) is 19.7 Å². The third-order valence-electron chi connectivity index (χ3n) is 3.08. The van der Waals surface area contributed by atoms with E-state index in [1.165, 1.54) is 24.6 Å². The minimum absolute atomic E-state index is 0.390. The highest BCUT2D eigenvalue weighted by molar-refractivity contribution is 7.20. The Balaban J connectivity index is 1.82. The number of fused-ring (bicyclic) bond motifs is 2. The topological polar surface area (TPSA) is 85.2 Å². The molecular formula is C13H9N5O2S. The van der Waals surface area contributed by atoms with E-state index in [0.717, 1.165) is 9.84 Å². The van der Waals surface area contributed by atoms with E-state index < -0.39 is 5.97 Å². The molecule has 4 aromatic heterocycles. The number of esters is 1. The van der Waals surface area contributed by atoms with Gasteiger partial charge in [0.2, 0.25) is 0 Å². The van der Waals surface area contributed by atoms with Crippen LogP contribution in [0.4, 0.5) is 0 Å². The number of rotatable bonds is 2. The van der Waals surface area contributed by atoms with Crippen molar-refractivity contribution in [1.82, 2.24) is 24.3 Å². The number of H-pyrrole nitrogens is 1. The second kappa shape index (κ2) is 4.38. The van der Waals surface area contributed by atoms with Gasteiger partial charge in [-0.2, -0.15) is 0 Å². The van der Waals surface area contributed by atoms with E-state index in [0.29, 0.717) is 22.6 Å². The number of ether oxygens (including phenoxy) is 1. The van der Waals surface area contributed by atoms with Crippen LogP contribution in [0.15, 0.2) is 30.9 Å². The third-order valence-corrected chi connectivity index (χ3v) is 4.10. The molecule has 0 atom stereocenters. The first kappa shape index (κ1) is 12.0. The zero-order valence-electron chi connectivity index (χ0n) is 10.9. The molecule has 0 saturated carbocycles. The summed E-state index contributed by atoms with van der Waals surface area (Å²) in [6, 6.07) is 1.68. The number of aromatic amines is 1. The van der Waals surface area contributed by atoms with Crippen molar-refractivity contribution in [3.8, 4) is 10.7 Å². The summed E-state index contributed by atoms with van der Waals surface area (Å²) in [4.78, 5) is 29.4. The Kier molecular flexibility index (Phi) is 2.51. The van der Waals surface area contributed by atoms with Gasteiger partial charge in [-0.15, -0.1) is 0 Å². The molecule has 0 aliphatic rings. The van der Waals surface area contributed by atoms with Gasteiger partial charge in [-0.3, -0.25) is 4.40 Å². The van der Waals surface area contributed by atoms with E-state index in [1.54, 1.807) is 12.3 Å². The van der Waals surface area contributed by atoms with Gasteiger partial charge in [0.1, 0.15) is 0 Å². The number of thiazole rings is 1. The van der Waals surface area contributed by atoms with Crippen molar-refractivity contribution < 1.29 is 9.53 Å². The van der Waals surface area contributed by atoms with Gasteiger partial charge in [-0.1, -0.05) is 11.3 Å². The summed E-state index contributed by atoms with van der Waals surface area (Å²) in [7, 11) is 1.34. The number of nitrogens with zero attached hydrogens (tertiary/aromatic N) is 4. The molecule has 0 saturated heterocycles. The molecule has 0 bridgehead atoms. The predicted molar refractivity (Wildman–Crippen MR) is 77.3 cm³/mol. The molecule has 0 unspecified atom stereocenters. The SMILES string of the molecule is COC(=O)c1cnc2nc(-c3cn4ccnc4s3)[nH]c2c1. The van der Waals surface area contributed by atoms with Crippen LogP contribution in [0.3, 0.4) is 0 Å². The number of hydrogen-bond donors (Lipinski definition) is 1. The largest absolute Gasteiger partial charge is 0.465 e. The summed E-state index contributed by atoms with van der Waals surface area (Å²) in [6.45, 7) is 0. The van der Waals surface area contributed by atoms with Gasteiger partial charge in [0, 0.05) is 24.8 Å². The van der Waals surface area contributed by atoms with Crippen LogP contribution in [-0.2, 0) is 4.74 Å². The highest BCUT2D eigenvalue weighted by Gasteiger charge is 2.13. The molecule has 4 aromatic rings. The average molecular weight is 299 g/mol. The van der Waals surface area contributed by atoms with Crippen LogP contribution in [0.2, 0.25) is 0 Å². The van der Waals surface area contributed by atoms with Crippen LogP contribution in [0.25, 0.3) is 26.8 Å². The van der Waals surface area contributed by atoms with Crippen LogP contribution >= 0.6 is 11.3 Å². The maximum Gasteiger partial charge on any atom is 0.339 e. The second-order valence-electron chi connectivity index (χ2n) is 4.38. The first-order valence-corrected chi connectivity index (χ1v) is 6.93. The standard InChI is InChI=1S/C13H9N5O2S/c1-20-12(19)7-4-8-10(15-5-7)17-11(16-8)9-6-18-3-2-14-13(18)21-9/h2-6H,1H3,(H,15,16,17). The Labute approximate surface area is 122 Å². The molecule has 0 spiro atoms. The lowest BCUT2D eigenvalue weighted by Gasteiger charge is -1.96. The van der Waals surface area contributed by atoms with E-state index in [2.05, 4.69) is 24.7 Å². The third kappa shape index (κ3) is 1.88. The molecule has 0 amide bonds. The number of pyridine rings is 1. The molecule has 8 heteroatoms. The Bertz CT molecular complexity index is 939. The van der Waals surface area contributed by atoms with Crippen LogP contribution in [0, 0.1) is 0 Å². The molecule has 7 nitrogen and oxygen atoms in total. The van der Waals surface area contributed by atoms with E-state index in [1.807, 2.05) is 16.8 Å². The maximum atomic E-state index is 11.5. The van der Waals surface area contributed by atoms with Gasteiger partial charge in [-0.05, 0) is 6.07 Å². The Morgan fingerprint density at radius 1 is 1.43 bits per heavy atom. The Hall–Kier alpha value is -2.74. The van der Waals surface area contributed by atoms with Gasteiger partial charge >= 0.3 is 5.97 Å². The lowest BCUT2D eigenvalue weighted by molar-refractivity contribution is 0.0600. The molecule has 0 aromatic carbocycles. The minimum Gasteiger partial charge on any atom is -0.465 e. The van der Waals surface area contributed by atoms with Gasteiger partial charge in [0.05, 0.1) is 23.1 Å². The van der Waals surface area contributed by atoms with Crippen LogP contribution < -0.4 is 0 Å². The zero-order valence-corrected chi connectivity index (χ0v) is 11.7. The summed E-state index contributed by atoms with van der Waals surface area (Å²) in [6.07, 6.45) is 7.04. The molecule has 4 heterocycles. The second-order valence-corrected chi connectivity index (χ2v) is 5.39. The number of methoxy groups -OCH3 is 1. The maximum absolute atomic E-state index is 11.5. The molecule has 0 aliphatic carbocycles. The number of nitrogens with one attached hydrogen (secondary N) is 1. The summed E-state index contributed by atoms with van der Waals surface area (Å²) in [5, 5.41) is 0. The summed E-state index contributed by atoms with van der Waals surface area (Å²) in [5.41, 5.74) is 1.64. The molecule has 0 aliphatic heterocycles. The van der Waals surface area contributed by atoms with Crippen LogP contribution in [0.5, 0.6) is 0 Å². The lowest BCUT2D eigenvalue weighted by Crippen LogP contribution is -2.01. The van der Waals surface area contributed by atoms with Crippen LogP contribution in [-0.4, -0.2) is 37.4 Å². The average Bonchev–Trinajstić information content (AvgIpc) is 3.17. The van der Waals surface area contributed by atoms with Crippen molar-refractivity contribution in [2.75, 3.05) is 7.11 Å². The molecule has 1 N–H and O–H groups in total. The monoisotopic (exact) mass is 299 g/mol. The van der Waals surface area contributed by atoms with Crippen molar-refractivity contribution in [3.05, 3.63) is 36.4 Å². The molecular weight excluding hydrogens is 290 g/mol. The fourth-order valence-corrected chi connectivity index (χ4v) is 2.97. The number of carbonyl (C=O) groups excluding carboxylic acids is 1. The normalized spacial score (nSPS) is 11.3. The number of imidazole rings is 2. The van der Waals surface area contributed by atoms with Gasteiger partial charge in [0.15, 0.2) is 16.4 Å².